The molecule has 1 aromatic rings. The highest BCUT2D eigenvalue weighted by molar-refractivity contribution is 5.85. The highest BCUT2D eigenvalue weighted by Gasteiger charge is 2.31. The zero-order valence-electron chi connectivity index (χ0n) is 12.0. The summed E-state index contributed by atoms with van der Waals surface area (Å²) in [7, 11) is 0. The lowest BCUT2D eigenvalue weighted by atomic mass is 10.0. The van der Waals surface area contributed by atoms with Crippen LogP contribution in [-0.4, -0.2) is 50.7 Å². The summed E-state index contributed by atoms with van der Waals surface area (Å²) in [6.07, 6.45) is -2.42. The molecular weight excluding hydrogens is 337 g/mol. The van der Waals surface area contributed by atoms with E-state index in [0.29, 0.717) is 43.4 Å². The molecule has 2 aliphatic heterocycles. The molecule has 0 unspecified atom stereocenters. The van der Waals surface area contributed by atoms with Gasteiger partial charge in [-0.15, -0.1) is 24.8 Å². The molecule has 126 valence electrons. The van der Waals surface area contributed by atoms with Gasteiger partial charge in [0, 0.05) is 26.2 Å². The van der Waals surface area contributed by atoms with E-state index in [1.807, 2.05) is 4.90 Å². The average molecular weight is 357 g/mol. The lowest BCUT2D eigenvalue weighted by molar-refractivity contribution is 0.0179. The maximum absolute atomic E-state index is 13.5. The lowest BCUT2D eigenvalue weighted by Crippen LogP contribution is -2.46. The van der Waals surface area contributed by atoms with Gasteiger partial charge in [0.1, 0.15) is 13.2 Å². The van der Waals surface area contributed by atoms with Gasteiger partial charge in [-0.3, -0.25) is 4.90 Å². The largest absolute Gasteiger partial charge is 0.486 e. The molecule has 1 atom stereocenters. The molecule has 1 aromatic carbocycles. The Morgan fingerprint density at radius 1 is 1.00 bits per heavy atom. The topological polar surface area (TPSA) is 33.7 Å². The fourth-order valence-corrected chi connectivity index (χ4v) is 2.72. The van der Waals surface area contributed by atoms with E-state index in [1.165, 1.54) is 0 Å². The summed E-state index contributed by atoms with van der Waals surface area (Å²) in [6, 6.07) is 4.24. The fourth-order valence-electron chi connectivity index (χ4n) is 2.72. The number of hydrogen-bond donors (Lipinski definition) is 1. The Balaban J connectivity index is 0.00000121. The molecule has 0 radical (unpaired) electrons. The number of ether oxygens (including phenoxy) is 2. The summed E-state index contributed by atoms with van der Waals surface area (Å²) in [5, 5.41) is 3.18. The molecule has 0 bridgehead atoms. The first-order valence-electron chi connectivity index (χ1n) is 6.88. The predicted octanol–water partition coefficient (Wildman–Crippen LogP) is 2.51. The van der Waals surface area contributed by atoms with Gasteiger partial charge in [-0.2, -0.15) is 0 Å². The number of benzene rings is 1. The molecule has 22 heavy (non-hydrogen) atoms. The van der Waals surface area contributed by atoms with Crippen LogP contribution in [0.5, 0.6) is 11.5 Å². The van der Waals surface area contributed by atoms with Crippen LogP contribution in [0.25, 0.3) is 0 Å². The molecule has 2 heterocycles. The molecule has 0 spiro atoms. The maximum Gasteiger partial charge on any atom is 0.258 e. The van der Waals surface area contributed by atoms with Crippen molar-refractivity contribution in [2.75, 3.05) is 39.4 Å². The van der Waals surface area contributed by atoms with Crippen LogP contribution in [-0.2, 0) is 0 Å². The van der Waals surface area contributed by atoms with E-state index in [9.17, 15) is 8.78 Å². The van der Waals surface area contributed by atoms with Gasteiger partial charge in [-0.1, -0.05) is 6.07 Å². The van der Waals surface area contributed by atoms with E-state index in [0.717, 1.165) is 13.1 Å². The van der Waals surface area contributed by atoms with E-state index >= 15 is 0 Å². The highest BCUT2D eigenvalue weighted by Crippen LogP contribution is 2.36. The van der Waals surface area contributed by atoms with Gasteiger partial charge in [0.2, 0.25) is 0 Å². The number of nitrogens with one attached hydrogen (secondary N) is 1. The second-order valence-corrected chi connectivity index (χ2v) is 4.97. The van der Waals surface area contributed by atoms with Crippen molar-refractivity contribution in [1.29, 1.82) is 0 Å². The standard InChI is InChI=1S/C14H18F2N2O2.2ClH/c15-14(16)13(18-5-3-17-4-6-18)10-1-2-11-12(9-10)20-8-7-19-11;;/h1-2,9,13-14,17H,3-8H2;2*1H/t13-;;/m1../s1. The van der Waals surface area contributed by atoms with Crippen LogP contribution in [0.15, 0.2) is 18.2 Å². The van der Waals surface area contributed by atoms with Crippen molar-refractivity contribution >= 4 is 24.8 Å². The Morgan fingerprint density at radius 2 is 1.64 bits per heavy atom. The Kier molecular flexibility index (Phi) is 7.62. The van der Waals surface area contributed by atoms with Gasteiger partial charge < -0.3 is 14.8 Å². The monoisotopic (exact) mass is 356 g/mol. The van der Waals surface area contributed by atoms with Crippen LogP contribution in [0, 0.1) is 0 Å². The smallest absolute Gasteiger partial charge is 0.258 e. The number of hydrogen-bond acceptors (Lipinski definition) is 4. The molecule has 0 amide bonds. The van der Waals surface area contributed by atoms with Gasteiger partial charge in [0.15, 0.2) is 11.5 Å². The molecule has 4 nitrogen and oxygen atoms in total. The zero-order valence-corrected chi connectivity index (χ0v) is 13.6. The Hall–Kier alpha value is -0.820. The number of piperazine rings is 1. The van der Waals surface area contributed by atoms with Crippen LogP contribution in [0.2, 0.25) is 0 Å². The molecule has 3 rings (SSSR count). The Morgan fingerprint density at radius 3 is 2.27 bits per heavy atom. The van der Waals surface area contributed by atoms with Crippen molar-refractivity contribution in [2.24, 2.45) is 0 Å². The third-order valence-corrected chi connectivity index (χ3v) is 3.69. The minimum Gasteiger partial charge on any atom is -0.486 e. The molecule has 2 aliphatic rings. The van der Waals surface area contributed by atoms with Gasteiger partial charge in [0.25, 0.3) is 6.43 Å². The van der Waals surface area contributed by atoms with E-state index in [4.69, 9.17) is 9.47 Å². The zero-order chi connectivity index (χ0) is 13.9. The minimum atomic E-state index is -2.42. The summed E-state index contributed by atoms with van der Waals surface area (Å²) < 4.78 is 37.8. The minimum absolute atomic E-state index is 0. The van der Waals surface area contributed by atoms with Crippen molar-refractivity contribution in [3.63, 3.8) is 0 Å². The summed E-state index contributed by atoms with van der Waals surface area (Å²) in [5.41, 5.74) is 0.589. The third kappa shape index (κ3) is 4.13. The second kappa shape index (κ2) is 8.72. The van der Waals surface area contributed by atoms with Crippen molar-refractivity contribution in [3.8, 4) is 11.5 Å². The molecule has 1 N–H and O–H groups in total. The first kappa shape index (κ1) is 19.2. The number of alkyl halides is 2. The molecule has 1 saturated heterocycles. The van der Waals surface area contributed by atoms with E-state index in [-0.39, 0.29) is 24.8 Å². The number of halogens is 4. The molecule has 0 aromatic heterocycles. The molecule has 8 heteroatoms. The van der Waals surface area contributed by atoms with Crippen molar-refractivity contribution in [3.05, 3.63) is 23.8 Å². The van der Waals surface area contributed by atoms with Gasteiger partial charge >= 0.3 is 0 Å². The Labute approximate surface area is 141 Å². The van der Waals surface area contributed by atoms with E-state index < -0.39 is 12.5 Å². The lowest BCUT2D eigenvalue weighted by Gasteiger charge is -2.35. The summed E-state index contributed by atoms with van der Waals surface area (Å²) in [4.78, 5) is 1.83. The molecule has 1 fully saturated rings. The van der Waals surface area contributed by atoms with Gasteiger partial charge in [-0.25, -0.2) is 8.78 Å². The summed E-state index contributed by atoms with van der Waals surface area (Å²) in [5.74, 6) is 1.20. The maximum atomic E-state index is 13.5. The normalized spacial score (nSPS) is 19.0. The van der Waals surface area contributed by atoms with Crippen molar-refractivity contribution in [2.45, 2.75) is 12.5 Å². The van der Waals surface area contributed by atoms with E-state index in [2.05, 4.69) is 5.32 Å². The Bertz CT molecular complexity index is 474. The molecule has 0 aliphatic carbocycles. The van der Waals surface area contributed by atoms with Crippen LogP contribution in [0.4, 0.5) is 8.78 Å². The first-order valence-corrected chi connectivity index (χ1v) is 6.88. The predicted molar refractivity (Wildman–Crippen MR) is 85.1 cm³/mol. The van der Waals surface area contributed by atoms with E-state index in [1.54, 1.807) is 18.2 Å². The summed E-state index contributed by atoms with van der Waals surface area (Å²) in [6.45, 7) is 3.71. The quantitative estimate of drug-likeness (QED) is 0.902. The summed E-state index contributed by atoms with van der Waals surface area (Å²) >= 11 is 0. The third-order valence-electron chi connectivity index (χ3n) is 3.69. The number of rotatable bonds is 3. The number of fused-ring (bicyclic) bond motifs is 1. The van der Waals surface area contributed by atoms with Crippen LogP contribution >= 0.6 is 24.8 Å². The molecule has 0 saturated carbocycles. The SMILES string of the molecule is Cl.Cl.FC(F)[C@@H](c1ccc2c(c1)OCCO2)N1CCNCC1. The number of nitrogens with zero attached hydrogens (tertiary/aromatic N) is 1. The van der Waals surface area contributed by atoms with Crippen molar-refractivity contribution < 1.29 is 18.3 Å². The fraction of sp³-hybridized carbons (Fsp3) is 0.571. The molecular formula is C14H20Cl2F2N2O2. The highest BCUT2D eigenvalue weighted by atomic mass is 35.5. The van der Waals surface area contributed by atoms with Gasteiger partial charge in [0.05, 0.1) is 6.04 Å². The van der Waals surface area contributed by atoms with Crippen LogP contribution in [0.3, 0.4) is 0 Å². The first-order chi connectivity index (χ1) is 9.75. The van der Waals surface area contributed by atoms with Gasteiger partial charge in [-0.05, 0) is 17.7 Å². The van der Waals surface area contributed by atoms with Crippen LogP contribution < -0.4 is 14.8 Å². The van der Waals surface area contributed by atoms with Crippen LogP contribution in [0.1, 0.15) is 11.6 Å². The second-order valence-electron chi connectivity index (χ2n) is 4.97. The average Bonchev–Trinajstić information content (AvgIpc) is 2.48. The van der Waals surface area contributed by atoms with Crippen molar-refractivity contribution in [1.82, 2.24) is 10.2 Å².